The maximum absolute atomic E-state index is 13.4. The highest BCUT2D eigenvalue weighted by Crippen LogP contribution is 2.36. The van der Waals surface area contributed by atoms with Crippen LogP contribution in [0.25, 0.3) is 11.4 Å². The van der Waals surface area contributed by atoms with Gasteiger partial charge in [0.15, 0.2) is 11.0 Å². The molecule has 1 saturated carbocycles. The number of esters is 1. The summed E-state index contributed by atoms with van der Waals surface area (Å²) in [5.74, 6) is 1.04. The predicted octanol–water partition coefficient (Wildman–Crippen LogP) is 6.29. The molecule has 3 aromatic rings. The fourth-order valence-corrected chi connectivity index (χ4v) is 8.71. The van der Waals surface area contributed by atoms with E-state index in [0.29, 0.717) is 71.9 Å². The molecule has 1 aliphatic heterocycles. The monoisotopic (exact) mass is 697 g/mol. The van der Waals surface area contributed by atoms with Crippen molar-refractivity contribution in [1.82, 2.24) is 19.1 Å². The van der Waals surface area contributed by atoms with E-state index in [4.69, 9.17) is 9.47 Å². The second kappa shape index (κ2) is 16.0. The van der Waals surface area contributed by atoms with Crippen LogP contribution in [0.4, 0.5) is 5.69 Å². The van der Waals surface area contributed by atoms with Gasteiger partial charge in [0.1, 0.15) is 6.10 Å². The lowest BCUT2D eigenvalue weighted by atomic mass is 9.75. The zero-order valence-corrected chi connectivity index (χ0v) is 30.1. The van der Waals surface area contributed by atoms with Gasteiger partial charge in [-0.2, -0.15) is 4.31 Å². The molecule has 1 N–H and O–H groups in total. The maximum atomic E-state index is 13.4. The molecule has 5 rings (SSSR count). The summed E-state index contributed by atoms with van der Waals surface area (Å²) in [6.45, 7) is 12.0. The highest BCUT2D eigenvalue weighted by atomic mass is 32.2. The second-order valence-corrected chi connectivity index (χ2v) is 16.0. The normalized spacial score (nSPS) is 21.2. The number of para-hydroxylation sites is 1. The minimum Gasteiger partial charge on any atom is -0.458 e. The molecule has 13 heteroatoms. The van der Waals surface area contributed by atoms with Crippen molar-refractivity contribution in [2.45, 2.75) is 82.5 Å². The van der Waals surface area contributed by atoms with Gasteiger partial charge in [0.2, 0.25) is 15.9 Å². The Bertz CT molecular complexity index is 1690. The number of rotatable bonds is 12. The summed E-state index contributed by atoms with van der Waals surface area (Å²) in [6.07, 6.45) is 3.63. The lowest BCUT2D eigenvalue weighted by Crippen LogP contribution is -2.40. The third kappa shape index (κ3) is 8.30. The molecular weight excluding hydrogens is 651 g/mol. The summed E-state index contributed by atoms with van der Waals surface area (Å²) in [5.41, 5.74) is 1.35. The van der Waals surface area contributed by atoms with E-state index in [0.717, 1.165) is 25.7 Å². The standard InChI is InChI=1S/C35H47N5O6S2/c1-6-25(5)40-33(26-10-9-11-27(21-26)48(43,44)39-16-18-45-19-17-39)37-38-35(40)47-22-32(41)36-30-13-8-7-12-29(30)34(42)46-31-20-24(4)14-15-28(31)23(2)3/h7-13,21,23-25,28,31H,6,14-20,22H2,1-5H3,(H,36,41)/t24-,25+,28+,31-/m0/s1. The maximum Gasteiger partial charge on any atom is 0.340 e. The van der Waals surface area contributed by atoms with Crippen LogP contribution in [-0.2, 0) is 24.3 Å². The minimum absolute atomic E-state index is 0.0206. The van der Waals surface area contributed by atoms with E-state index in [1.807, 2.05) is 24.5 Å². The number of anilines is 1. The molecule has 1 amide bonds. The molecule has 48 heavy (non-hydrogen) atoms. The Kier molecular flexibility index (Phi) is 12.0. The van der Waals surface area contributed by atoms with Gasteiger partial charge in [-0.05, 0) is 68.2 Å². The van der Waals surface area contributed by atoms with Gasteiger partial charge in [-0.15, -0.1) is 10.2 Å². The van der Waals surface area contributed by atoms with Crippen LogP contribution in [0.1, 0.15) is 76.7 Å². The number of ether oxygens (including phenoxy) is 2. The summed E-state index contributed by atoms with van der Waals surface area (Å²) in [7, 11) is -3.70. The smallest absolute Gasteiger partial charge is 0.340 e. The fourth-order valence-electron chi connectivity index (χ4n) is 6.42. The number of carbonyl (C=O) groups excluding carboxylic acids is 2. The third-order valence-corrected chi connectivity index (χ3v) is 12.2. The number of sulfonamides is 1. The molecule has 2 fully saturated rings. The van der Waals surface area contributed by atoms with E-state index in [1.54, 1.807) is 42.5 Å². The van der Waals surface area contributed by atoms with Crippen LogP contribution >= 0.6 is 11.8 Å². The molecule has 0 spiro atoms. The Balaban J connectivity index is 1.29. The molecule has 260 valence electrons. The van der Waals surface area contributed by atoms with Crippen LogP contribution in [0.5, 0.6) is 0 Å². The first-order valence-corrected chi connectivity index (χ1v) is 19.3. The van der Waals surface area contributed by atoms with Crippen LogP contribution < -0.4 is 5.32 Å². The molecule has 4 atom stereocenters. The summed E-state index contributed by atoms with van der Waals surface area (Å²) in [5, 5.41) is 12.3. The lowest BCUT2D eigenvalue weighted by Gasteiger charge is -2.36. The largest absolute Gasteiger partial charge is 0.458 e. The fraction of sp³-hybridized carbons (Fsp3) is 0.543. The summed E-state index contributed by atoms with van der Waals surface area (Å²) in [4.78, 5) is 26.8. The minimum atomic E-state index is -3.70. The van der Waals surface area contributed by atoms with Crippen LogP contribution in [0.15, 0.2) is 58.6 Å². The number of hydrogen-bond acceptors (Lipinski definition) is 9. The van der Waals surface area contributed by atoms with Crippen molar-refractivity contribution in [2.24, 2.45) is 17.8 Å². The van der Waals surface area contributed by atoms with Gasteiger partial charge in [-0.3, -0.25) is 9.36 Å². The third-order valence-electron chi connectivity index (χ3n) is 9.37. The van der Waals surface area contributed by atoms with E-state index in [1.165, 1.54) is 16.1 Å². The average Bonchev–Trinajstić information content (AvgIpc) is 3.51. The van der Waals surface area contributed by atoms with Crippen molar-refractivity contribution in [3.05, 3.63) is 54.1 Å². The Hall–Kier alpha value is -3.26. The van der Waals surface area contributed by atoms with Gasteiger partial charge < -0.3 is 14.8 Å². The molecule has 2 aromatic carbocycles. The zero-order valence-electron chi connectivity index (χ0n) is 28.4. The molecular formula is C35H47N5O6S2. The molecule has 1 aromatic heterocycles. The number of thioether (sulfide) groups is 1. The SMILES string of the molecule is CC[C@@H](C)n1c(SCC(=O)Nc2ccccc2C(=O)O[C@H]2C[C@@H](C)CC[C@@H]2C(C)C)nnc1-c1cccc(S(=O)(=O)N2CCOCC2)c1. The van der Waals surface area contributed by atoms with E-state index in [-0.39, 0.29) is 28.7 Å². The number of carbonyl (C=O) groups is 2. The van der Waals surface area contributed by atoms with Crippen molar-refractivity contribution >= 4 is 39.3 Å². The number of amides is 1. The van der Waals surface area contributed by atoms with Gasteiger partial charge in [0.25, 0.3) is 0 Å². The first-order valence-electron chi connectivity index (χ1n) is 16.9. The van der Waals surface area contributed by atoms with Crippen LogP contribution in [0, 0.1) is 17.8 Å². The first kappa shape index (κ1) is 36.0. The van der Waals surface area contributed by atoms with Gasteiger partial charge in [0, 0.05) is 24.7 Å². The Morgan fingerprint density at radius 2 is 1.81 bits per heavy atom. The predicted molar refractivity (Wildman–Crippen MR) is 186 cm³/mol. The quantitative estimate of drug-likeness (QED) is 0.171. The molecule has 1 saturated heterocycles. The summed E-state index contributed by atoms with van der Waals surface area (Å²) < 4.78 is 41.5. The number of hydrogen-bond donors (Lipinski definition) is 1. The molecule has 1 aliphatic carbocycles. The molecule has 2 aliphatic rings. The highest BCUT2D eigenvalue weighted by Gasteiger charge is 2.34. The van der Waals surface area contributed by atoms with E-state index in [2.05, 4.69) is 36.3 Å². The van der Waals surface area contributed by atoms with Crippen molar-refractivity contribution in [3.63, 3.8) is 0 Å². The molecule has 0 unspecified atom stereocenters. The van der Waals surface area contributed by atoms with Gasteiger partial charge >= 0.3 is 5.97 Å². The number of aromatic nitrogens is 3. The second-order valence-electron chi connectivity index (χ2n) is 13.1. The molecule has 11 nitrogen and oxygen atoms in total. The number of nitrogens with one attached hydrogen (secondary N) is 1. The average molecular weight is 698 g/mol. The van der Waals surface area contributed by atoms with Gasteiger partial charge in [-0.1, -0.05) is 70.1 Å². The molecule has 0 bridgehead atoms. The lowest BCUT2D eigenvalue weighted by molar-refractivity contribution is -0.113. The van der Waals surface area contributed by atoms with Crippen LogP contribution in [0.2, 0.25) is 0 Å². The number of morpholine rings is 1. The van der Waals surface area contributed by atoms with E-state index in [9.17, 15) is 18.0 Å². The van der Waals surface area contributed by atoms with Crippen molar-refractivity contribution < 1.29 is 27.5 Å². The summed E-state index contributed by atoms with van der Waals surface area (Å²) >= 11 is 1.23. The molecule has 0 radical (unpaired) electrons. The van der Waals surface area contributed by atoms with Crippen molar-refractivity contribution in [1.29, 1.82) is 0 Å². The Morgan fingerprint density at radius 3 is 2.54 bits per heavy atom. The van der Waals surface area contributed by atoms with Gasteiger partial charge in [0.05, 0.1) is 35.1 Å². The van der Waals surface area contributed by atoms with Gasteiger partial charge in [-0.25, -0.2) is 13.2 Å². The van der Waals surface area contributed by atoms with E-state index >= 15 is 0 Å². The number of benzene rings is 2. The highest BCUT2D eigenvalue weighted by molar-refractivity contribution is 7.99. The van der Waals surface area contributed by atoms with Crippen LogP contribution in [0.3, 0.4) is 0 Å². The Labute approximate surface area is 288 Å². The van der Waals surface area contributed by atoms with Crippen molar-refractivity contribution in [2.75, 3.05) is 37.4 Å². The number of nitrogens with zero attached hydrogens (tertiary/aromatic N) is 4. The zero-order chi connectivity index (χ0) is 34.4. The van der Waals surface area contributed by atoms with Crippen LogP contribution in [-0.4, -0.2) is 77.5 Å². The van der Waals surface area contributed by atoms with E-state index < -0.39 is 16.0 Å². The molecule has 2 heterocycles. The van der Waals surface area contributed by atoms with Crippen molar-refractivity contribution in [3.8, 4) is 11.4 Å². The summed E-state index contributed by atoms with van der Waals surface area (Å²) in [6, 6.07) is 13.6. The topological polar surface area (TPSA) is 133 Å². The Morgan fingerprint density at radius 1 is 1.06 bits per heavy atom. The first-order chi connectivity index (χ1) is 23.0.